The van der Waals surface area contributed by atoms with Crippen molar-refractivity contribution in [3.8, 4) is 0 Å². The monoisotopic (exact) mass is 436 g/mol. The third-order valence-electron chi connectivity index (χ3n) is 3.13. The summed E-state index contributed by atoms with van der Waals surface area (Å²) in [6.07, 6.45) is -2.00. The van der Waals surface area contributed by atoms with Crippen LogP contribution < -0.4 is 10.6 Å². The van der Waals surface area contributed by atoms with Crippen LogP contribution >= 0.6 is 24.0 Å². The number of carbonyl (C=O) groups is 1. The van der Waals surface area contributed by atoms with Crippen molar-refractivity contribution in [3.05, 3.63) is 0 Å². The third kappa shape index (κ3) is 9.31. The van der Waals surface area contributed by atoms with Gasteiger partial charge in [-0.25, -0.2) is 4.99 Å². The second-order valence-electron chi connectivity index (χ2n) is 4.93. The highest BCUT2D eigenvalue weighted by Crippen LogP contribution is 2.18. The molecule has 130 valence electrons. The minimum absolute atomic E-state index is 0. The minimum Gasteiger partial charge on any atom is -0.357 e. The molecule has 1 saturated heterocycles. The van der Waals surface area contributed by atoms with Crippen molar-refractivity contribution in [1.29, 1.82) is 0 Å². The Labute approximate surface area is 146 Å². The molecule has 22 heavy (non-hydrogen) atoms. The highest BCUT2D eigenvalue weighted by atomic mass is 127. The van der Waals surface area contributed by atoms with Crippen LogP contribution in [0.4, 0.5) is 13.2 Å². The summed E-state index contributed by atoms with van der Waals surface area (Å²) in [5.41, 5.74) is 0. The molecule has 1 rings (SSSR count). The van der Waals surface area contributed by atoms with Gasteiger partial charge in [-0.05, 0) is 26.2 Å². The molecular formula is C13H24F3IN4O. The van der Waals surface area contributed by atoms with E-state index in [4.69, 9.17) is 0 Å². The number of nitrogens with zero attached hydrogens (tertiary/aromatic N) is 2. The highest BCUT2D eigenvalue weighted by molar-refractivity contribution is 14.0. The van der Waals surface area contributed by atoms with Crippen molar-refractivity contribution < 1.29 is 18.0 Å². The summed E-state index contributed by atoms with van der Waals surface area (Å²) in [7, 11) is 0. The van der Waals surface area contributed by atoms with Gasteiger partial charge in [0.15, 0.2) is 5.96 Å². The lowest BCUT2D eigenvalue weighted by Crippen LogP contribution is -2.41. The van der Waals surface area contributed by atoms with E-state index in [1.54, 1.807) is 4.90 Å². The fraction of sp³-hybridized carbons (Fsp3) is 0.846. The second kappa shape index (κ2) is 10.9. The molecule has 0 atom stereocenters. The van der Waals surface area contributed by atoms with E-state index in [0.29, 0.717) is 6.54 Å². The number of likely N-dealkylation sites (tertiary alicyclic amines) is 1. The van der Waals surface area contributed by atoms with E-state index in [9.17, 15) is 18.0 Å². The van der Waals surface area contributed by atoms with Gasteiger partial charge in [-0.3, -0.25) is 4.79 Å². The van der Waals surface area contributed by atoms with Gasteiger partial charge in [0.25, 0.3) is 0 Å². The van der Waals surface area contributed by atoms with Crippen molar-refractivity contribution >= 4 is 35.8 Å². The minimum atomic E-state index is -4.20. The van der Waals surface area contributed by atoms with Crippen LogP contribution in [0.5, 0.6) is 0 Å². The summed E-state index contributed by atoms with van der Waals surface area (Å²) < 4.78 is 36.3. The number of amides is 1. The molecule has 0 aliphatic carbocycles. The molecule has 2 N–H and O–H groups in total. The molecule has 1 aliphatic rings. The van der Waals surface area contributed by atoms with Crippen LogP contribution in [-0.4, -0.2) is 55.7 Å². The van der Waals surface area contributed by atoms with Crippen molar-refractivity contribution in [1.82, 2.24) is 15.5 Å². The highest BCUT2D eigenvalue weighted by Gasteiger charge is 2.26. The Morgan fingerprint density at radius 1 is 1.18 bits per heavy atom. The zero-order chi connectivity index (χ0) is 15.7. The van der Waals surface area contributed by atoms with Crippen molar-refractivity contribution in [2.75, 3.05) is 32.7 Å². The average molecular weight is 436 g/mol. The van der Waals surface area contributed by atoms with Crippen LogP contribution in [0.15, 0.2) is 4.99 Å². The van der Waals surface area contributed by atoms with E-state index in [1.807, 2.05) is 6.92 Å². The number of hydrogen-bond acceptors (Lipinski definition) is 2. The van der Waals surface area contributed by atoms with E-state index in [1.165, 1.54) is 0 Å². The molecule has 1 fully saturated rings. The molecule has 0 bridgehead atoms. The van der Waals surface area contributed by atoms with E-state index >= 15 is 0 Å². The zero-order valence-corrected chi connectivity index (χ0v) is 15.0. The van der Waals surface area contributed by atoms with Gasteiger partial charge in [-0.1, -0.05) is 0 Å². The summed E-state index contributed by atoms with van der Waals surface area (Å²) >= 11 is 0. The molecule has 1 amide bonds. The maximum Gasteiger partial charge on any atom is 0.390 e. The Balaban J connectivity index is 0.00000441. The molecular weight excluding hydrogens is 412 g/mol. The molecule has 0 aromatic heterocycles. The van der Waals surface area contributed by atoms with Crippen molar-refractivity contribution in [3.63, 3.8) is 0 Å². The lowest BCUT2D eigenvalue weighted by Gasteiger charge is -2.26. The molecule has 0 unspecified atom stereocenters. The predicted octanol–water partition coefficient (Wildman–Crippen LogP) is 2.12. The van der Waals surface area contributed by atoms with Crippen LogP contribution in [0.1, 0.15) is 32.6 Å². The molecule has 0 spiro atoms. The van der Waals surface area contributed by atoms with E-state index < -0.39 is 12.6 Å². The van der Waals surface area contributed by atoms with Crippen LogP contribution in [0.3, 0.4) is 0 Å². The van der Waals surface area contributed by atoms with Gasteiger partial charge in [-0.15, -0.1) is 24.0 Å². The molecule has 5 nitrogen and oxygen atoms in total. The second-order valence-corrected chi connectivity index (χ2v) is 4.93. The third-order valence-corrected chi connectivity index (χ3v) is 3.13. The fourth-order valence-electron chi connectivity index (χ4n) is 2.05. The number of carbonyl (C=O) groups excluding carboxylic acids is 1. The molecule has 0 radical (unpaired) electrons. The number of halogens is 4. The lowest BCUT2D eigenvalue weighted by molar-refractivity contribution is -0.133. The number of piperidine rings is 1. The summed E-state index contributed by atoms with van der Waals surface area (Å²) in [5, 5.41) is 5.41. The maximum absolute atomic E-state index is 12.1. The van der Waals surface area contributed by atoms with Crippen LogP contribution in [0.2, 0.25) is 0 Å². The van der Waals surface area contributed by atoms with Crippen LogP contribution in [0.25, 0.3) is 0 Å². The van der Waals surface area contributed by atoms with Gasteiger partial charge in [0.05, 0.1) is 6.42 Å². The smallest absolute Gasteiger partial charge is 0.357 e. The van der Waals surface area contributed by atoms with E-state index in [0.717, 1.165) is 32.4 Å². The van der Waals surface area contributed by atoms with Crippen LogP contribution in [0, 0.1) is 0 Å². The zero-order valence-electron chi connectivity index (χ0n) is 12.7. The van der Waals surface area contributed by atoms with Crippen molar-refractivity contribution in [2.24, 2.45) is 4.99 Å². The maximum atomic E-state index is 12.1. The van der Waals surface area contributed by atoms with Gasteiger partial charge < -0.3 is 15.5 Å². The van der Waals surface area contributed by atoms with Gasteiger partial charge in [0, 0.05) is 26.2 Å². The number of rotatable bonds is 5. The number of hydrogen-bond donors (Lipinski definition) is 2. The Morgan fingerprint density at radius 2 is 1.82 bits per heavy atom. The van der Waals surface area contributed by atoms with Crippen molar-refractivity contribution in [2.45, 2.75) is 38.8 Å². The molecule has 0 aromatic carbocycles. The number of aliphatic imine (C=N–C) groups is 1. The summed E-state index contributed by atoms with van der Waals surface area (Å²) in [6.45, 7) is 3.52. The van der Waals surface area contributed by atoms with E-state index in [-0.39, 0.29) is 48.9 Å². The summed E-state index contributed by atoms with van der Waals surface area (Å²) in [4.78, 5) is 17.7. The lowest BCUT2D eigenvalue weighted by atomic mass is 10.1. The molecule has 1 heterocycles. The molecule has 0 saturated carbocycles. The summed E-state index contributed by atoms with van der Waals surface area (Å²) in [6, 6.07) is 0. The average Bonchev–Trinajstić information content (AvgIpc) is 2.44. The van der Waals surface area contributed by atoms with E-state index in [2.05, 4.69) is 15.6 Å². The Bertz CT molecular complexity index is 358. The standard InChI is InChI=1S/C13H23F3N4O.HI/c1-2-17-12(18-7-6-13(14,15)16)19-10-11(21)20-8-4-3-5-9-20;/h2-10H2,1H3,(H2,17,18,19);1H. The number of guanidine groups is 1. The Morgan fingerprint density at radius 3 is 2.36 bits per heavy atom. The number of alkyl halides is 3. The topological polar surface area (TPSA) is 56.7 Å². The fourth-order valence-corrected chi connectivity index (χ4v) is 2.05. The van der Waals surface area contributed by atoms with Gasteiger partial charge >= 0.3 is 6.18 Å². The first kappa shape index (κ1) is 21.3. The predicted molar refractivity (Wildman–Crippen MR) is 90.5 cm³/mol. The first-order valence-corrected chi connectivity index (χ1v) is 7.29. The first-order valence-electron chi connectivity index (χ1n) is 7.29. The Hall–Kier alpha value is -0.740. The molecule has 0 aromatic rings. The van der Waals surface area contributed by atoms with Gasteiger partial charge in [-0.2, -0.15) is 13.2 Å². The Kier molecular flexibility index (Phi) is 10.5. The quantitative estimate of drug-likeness (QED) is 0.395. The number of nitrogens with one attached hydrogen (secondary N) is 2. The van der Waals surface area contributed by atoms with Gasteiger partial charge in [0.2, 0.25) is 5.91 Å². The normalized spacial score (nSPS) is 16.0. The van der Waals surface area contributed by atoms with Gasteiger partial charge in [0.1, 0.15) is 6.54 Å². The largest absolute Gasteiger partial charge is 0.390 e. The van der Waals surface area contributed by atoms with Crippen LogP contribution in [-0.2, 0) is 4.79 Å². The molecule has 9 heteroatoms. The first-order chi connectivity index (χ1) is 9.92. The summed E-state index contributed by atoms with van der Waals surface area (Å²) in [5.74, 6) is 0.162. The SMILES string of the molecule is CCNC(=NCC(=O)N1CCCCC1)NCCC(F)(F)F.I. The molecule has 1 aliphatic heterocycles.